The Morgan fingerprint density at radius 1 is 1.04 bits per heavy atom. The van der Waals surface area contributed by atoms with E-state index < -0.39 is 0 Å². The van der Waals surface area contributed by atoms with Crippen molar-refractivity contribution < 1.29 is 14.0 Å². The van der Waals surface area contributed by atoms with E-state index in [1.165, 1.54) is 11.1 Å². The van der Waals surface area contributed by atoms with Gasteiger partial charge in [0.1, 0.15) is 0 Å². The molecule has 2 rings (SSSR count). The predicted octanol–water partition coefficient (Wildman–Crippen LogP) is 4.42. The van der Waals surface area contributed by atoms with E-state index in [1.54, 1.807) is 0 Å². The average Bonchev–Trinajstić information content (AvgIpc) is 2.66. The van der Waals surface area contributed by atoms with Crippen molar-refractivity contribution in [1.82, 2.24) is 0 Å². The maximum atomic E-state index is 6.17. The molecule has 0 radical (unpaired) electrons. The molecule has 1 unspecified atom stereocenters. The molecular formula is C20H33BO3. The molecule has 0 bridgehead atoms. The van der Waals surface area contributed by atoms with Crippen molar-refractivity contribution in [3.05, 3.63) is 29.3 Å². The third-order valence-electron chi connectivity index (χ3n) is 5.33. The zero-order valence-corrected chi connectivity index (χ0v) is 16.6. The van der Waals surface area contributed by atoms with Crippen LogP contribution in [0, 0.1) is 12.8 Å². The van der Waals surface area contributed by atoms with Crippen molar-refractivity contribution in [3.63, 3.8) is 0 Å². The first-order valence-electron chi connectivity index (χ1n) is 9.11. The largest absolute Gasteiger partial charge is 0.495 e. The lowest BCUT2D eigenvalue weighted by molar-refractivity contribution is 0.00578. The third kappa shape index (κ3) is 4.22. The molecule has 134 valence electrons. The van der Waals surface area contributed by atoms with Gasteiger partial charge in [0.2, 0.25) is 0 Å². The Bertz CT molecular complexity index is 550. The molecule has 1 atom stereocenters. The second kappa shape index (κ2) is 7.19. The molecule has 0 saturated carbocycles. The minimum atomic E-state index is -0.309. The highest BCUT2D eigenvalue weighted by Gasteiger charge is 2.52. The van der Waals surface area contributed by atoms with E-state index in [2.05, 4.69) is 73.6 Å². The summed E-state index contributed by atoms with van der Waals surface area (Å²) in [6, 6.07) is 6.45. The highest BCUT2D eigenvalue weighted by atomic mass is 16.7. The fraction of sp³-hybridized carbons (Fsp3) is 0.700. The predicted molar refractivity (Wildman–Crippen MR) is 101 cm³/mol. The van der Waals surface area contributed by atoms with Gasteiger partial charge in [-0.1, -0.05) is 37.6 Å². The molecule has 1 heterocycles. The molecule has 0 aliphatic carbocycles. The van der Waals surface area contributed by atoms with Crippen LogP contribution in [0.1, 0.15) is 72.1 Å². The Labute approximate surface area is 148 Å². The Morgan fingerprint density at radius 3 is 2.12 bits per heavy atom. The number of ether oxygens (including phenoxy) is 1. The van der Waals surface area contributed by atoms with Gasteiger partial charge in [-0.15, -0.1) is 0 Å². The molecule has 1 aliphatic rings. The molecule has 0 amide bonds. The minimum Gasteiger partial charge on any atom is -0.399 e. The minimum absolute atomic E-state index is 0.106. The quantitative estimate of drug-likeness (QED) is 0.722. The van der Waals surface area contributed by atoms with Crippen molar-refractivity contribution in [2.75, 3.05) is 6.61 Å². The Hall–Kier alpha value is -0.835. The summed E-state index contributed by atoms with van der Waals surface area (Å²) in [4.78, 5) is 0. The first-order chi connectivity index (χ1) is 11.0. The van der Waals surface area contributed by atoms with Crippen LogP contribution in [0.5, 0.6) is 0 Å². The third-order valence-corrected chi connectivity index (χ3v) is 5.33. The summed E-state index contributed by atoms with van der Waals surface area (Å²) in [5.41, 5.74) is 2.88. The molecule has 24 heavy (non-hydrogen) atoms. The molecule has 1 saturated heterocycles. The van der Waals surface area contributed by atoms with Crippen LogP contribution in [0.25, 0.3) is 0 Å². The maximum absolute atomic E-state index is 6.17. The molecule has 0 N–H and O–H groups in total. The second-order valence-corrected chi connectivity index (χ2v) is 8.40. The van der Waals surface area contributed by atoms with Gasteiger partial charge in [-0.05, 0) is 64.9 Å². The second-order valence-electron chi connectivity index (χ2n) is 8.40. The normalized spacial score (nSPS) is 20.6. The average molecular weight is 332 g/mol. The first kappa shape index (κ1) is 19.5. The lowest BCUT2D eigenvalue weighted by Gasteiger charge is -2.32. The summed E-state index contributed by atoms with van der Waals surface area (Å²) in [6.45, 7) is 17.8. The van der Waals surface area contributed by atoms with Crippen LogP contribution in [0.3, 0.4) is 0 Å². The molecule has 1 aliphatic heterocycles. The summed E-state index contributed by atoms with van der Waals surface area (Å²) in [5.74, 6) is 0.671. The van der Waals surface area contributed by atoms with Gasteiger partial charge in [0.25, 0.3) is 0 Å². The topological polar surface area (TPSA) is 27.7 Å². The first-order valence-corrected chi connectivity index (χ1v) is 9.11. The van der Waals surface area contributed by atoms with Gasteiger partial charge in [0.15, 0.2) is 0 Å². The summed E-state index contributed by atoms with van der Waals surface area (Å²) in [7, 11) is -0.304. The fourth-order valence-corrected chi connectivity index (χ4v) is 2.76. The van der Waals surface area contributed by atoms with Crippen LogP contribution in [0.4, 0.5) is 0 Å². The van der Waals surface area contributed by atoms with Crippen LogP contribution in [0.15, 0.2) is 18.2 Å². The summed E-state index contributed by atoms with van der Waals surface area (Å²) in [6.07, 6.45) is 1.20. The summed E-state index contributed by atoms with van der Waals surface area (Å²) >= 11 is 0. The number of hydrogen-bond donors (Lipinski definition) is 0. The molecule has 1 fully saturated rings. The molecule has 1 aromatic rings. The summed E-state index contributed by atoms with van der Waals surface area (Å²) < 4.78 is 18.3. The van der Waals surface area contributed by atoms with Crippen LogP contribution in [-0.2, 0) is 14.0 Å². The Morgan fingerprint density at radius 2 is 1.62 bits per heavy atom. The van der Waals surface area contributed by atoms with Crippen LogP contribution < -0.4 is 5.46 Å². The Kier molecular flexibility index (Phi) is 5.84. The zero-order valence-electron chi connectivity index (χ0n) is 16.6. The highest BCUT2D eigenvalue weighted by Crippen LogP contribution is 2.36. The van der Waals surface area contributed by atoms with E-state index in [-0.39, 0.29) is 24.4 Å². The lowest BCUT2D eigenvalue weighted by Crippen LogP contribution is -2.41. The van der Waals surface area contributed by atoms with Crippen LogP contribution in [-0.4, -0.2) is 24.9 Å². The standard InChI is InChI=1S/C20H33BO3/c1-14(2)11-12-22-16(4)17-9-10-18(15(3)13-17)21-23-19(5,6)20(7,8)24-21/h9-10,13-14,16H,11-12H2,1-8H3. The van der Waals surface area contributed by atoms with Crippen LogP contribution >= 0.6 is 0 Å². The van der Waals surface area contributed by atoms with E-state index in [4.69, 9.17) is 14.0 Å². The van der Waals surface area contributed by atoms with Crippen molar-refractivity contribution in [3.8, 4) is 0 Å². The summed E-state index contributed by atoms with van der Waals surface area (Å²) in [5, 5.41) is 0. The molecule has 3 nitrogen and oxygen atoms in total. The number of hydrogen-bond acceptors (Lipinski definition) is 3. The van der Waals surface area contributed by atoms with Gasteiger partial charge >= 0.3 is 7.12 Å². The molecule has 0 aromatic heterocycles. The molecule has 0 spiro atoms. The smallest absolute Gasteiger partial charge is 0.399 e. The van der Waals surface area contributed by atoms with E-state index >= 15 is 0 Å². The van der Waals surface area contributed by atoms with E-state index in [0.717, 1.165) is 18.5 Å². The SMILES string of the molecule is Cc1cc(C(C)OCCC(C)C)ccc1B1OC(C)(C)C(C)(C)O1. The van der Waals surface area contributed by atoms with Crippen LogP contribution in [0.2, 0.25) is 0 Å². The number of aryl methyl sites for hydroxylation is 1. The van der Waals surface area contributed by atoms with Gasteiger partial charge in [-0.2, -0.15) is 0 Å². The van der Waals surface area contributed by atoms with E-state index in [0.29, 0.717) is 5.92 Å². The number of benzene rings is 1. The monoisotopic (exact) mass is 332 g/mol. The van der Waals surface area contributed by atoms with E-state index in [1.807, 2.05) is 0 Å². The maximum Gasteiger partial charge on any atom is 0.495 e. The Balaban J connectivity index is 2.08. The van der Waals surface area contributed by atoms with Gasteiger partial charge in [0.05, 0.1) is 17.3 Å². The zero-order chi connectivity index (χ0) is 18.1. The fourth-order valence-electron chi connectivity index (χ4n) is 2.76. The van der Waals surface area contributed by atoms with Gasteiger partial charge in [-0.25, -0.2) is 0 Å². The van der Waals surface area contributed by atoms with Crippen molar-refractivity contribution >= 4 is 12.6 Å². The van der Waals surface area contributed by atoms with Gasteiger partial charge in [-0.3, -0.25) is 0 Å². The van der Waals surface area contributed by atoms with Gasteiger partial charge < -0.3 is 14.0 Å². The molecule has 4 heteroatoms. The van der Waals surface area contributed by atoms with Crippen molar-refractivity contribution in [2.24, 2.45) is 5.92 Å². The van der Waals surface area contributed by atoms with Crippen molar-refractivity contribution in [2.45, 2.75) is 79.1 Å². The van der Waals surface area contributed by atoms with Gasteiger partial charge in [0, 0.05) is 6.61 Å². The molecule has 1 aromatic carbocycles. The van der Waals surface area contributed by atoms with E-state index in [9.17, 15) is 0 Å². The van der Waals surface area contributed by atoms with Crippen molar-refractivity contribution in [1.29, 1.82) is 0 Å². The molecular weight excluding hydrogens is 299 g/mol. The number of rotatable bonds is 6. The highest BCUT2D eigenvalue weighted by molar-refractivity contribution is 6.62. The lowest BCUT2D eigenvalue weighted by atomic mass is 9.75.